The Balaban J connectivity index is 2.17. The number of rotatable bonds is 4. The summed E-state index contributed by atoms with van der Waals surface area (Å²) in [5.41, 5.74) is 2.34. The zero-order valence-corrected chi connectivity index (χ0v) is 12.2. The molecule has 106 valence electrons. The van der Waals surface area contributed by atoms with Gasteiger partial charge in [0, 0.05) is 13.0 Å². The van der Waals surface area contributed by atoms with Gasteiger partial charge in [-0.15, -0.1) is 0 Å². The van der Waals surface area contributed by atoms with Crippen LogP contribution in [-0.4, -0.2) is 18.4 Å². The van der Waals surface area contributed by atoms with Gasteiger partial charge in [0.05, 0.1) is 11.3 Å². The van der Waals surface area contributed by atoms with Crippen molar-refractivity contribution in [2.75, 3.05) is 6.54 Å². The van der Waals surface area contributed by atoms with Crippen molar-refractivity contribution in [3.63, 3.8) is 0 Å². The first-order valence-electron chi connectivity index (χ1n) is 6.99. The van der Waals surface area contributed by atoms with Crippen LogP contribution in [0.1, 0.15) is 30.9 Å². The Hall–Kier alpha value is -1.97. The van der Waals surface area contributed by atoms with Gasteiger partial charge in [-0.2, -0.15) is 0 Å². The number of fused-ring (bicyclic) bond motifs is 1. The van der Waals surface area contributed by atoms with Crippen LogP contribution < -0.4 is 15.9 Å². The number of hydrogen-bond donors (Lipinski definition) is 1. The summed E-state index contributed by atoms with van der Waals surface area (Å²) in [4.78, 5) is 27.3. The van der Waals surface area contributed by atoms with Gasteiger partial charge in [-0.1, -0.05) is 13.0 Å². The maximum atomic E-state index is 12.0. The Morgan fingerprint density at radius 2 is 2.00 bits per heavy atom. The van der Waals surface area contributed by atoms with Gasteiger partial charge in [0.1, 0.15) is 0 Å². The molecule has 1 aliphatic rings. The number of benzene rings is 1. The number of hydrogen-bond acceptors (Lipinski definition) is 2. The molecule has 0 radical (unpaired) electrons. The van der Waals surface area contributed by atoms with Gasteiger partial charge in [-0.3, -0.25) is 9.59 Å². The van der Waals surface area contributed by atoms with Crippen LogP contribution in [0.5, 0.6) is 0 Å². The van der Waals surface area contributed by atoms with Crippen LogP contribution in [0.3, 0.4) is 0 Å². The lowest BCUT2D eigenvalue weighted by atomic mass is 9.98. The minimum Gasteiger partial charge on any atom is -0.356 e. The number of nitrogens with one attached hydrogen (secondary N) is 1. The van der Waals surface area contributed by atoms with Crippen LogP contribution in [0, 0.1) is 19.8 Å². The third kappa shape index (κ3) is 3.13. The number of amides is 2. The molecule has 0 spiro atoms. The molecule has 0 saturated carbocycles. The SMILES string of the molecule is CCC(=O)NCCC1C=c2cc(C)c(C)cc2=NC1=O. The molecule has 0 saturated heterocycles. The lowest BCUT2D eigenvalue weighted by molar-refractivity contribution is -0.122. The predicted octanol–water partition coefficient (Wildman–Crippen LogP) is 0.776. The van der Waals surface area contributed by atoms with Crippen molar-refractivity contribution in [3.05, 3.63) is 33.8 Å². The van der Waals surface area contributed by atoms with Gasteiger partial charge in [0.15, 0.2) is 0 Å². The Morgan fingerprint density at radius 3 is 2.70 bits per heavy atom. The molecule has 2 rings (SSSR count). The monoisotopic (exact) mass is 272 g/mol. The predicted molar refractivity (Wildman–Crippen MR) is 77.6 cm³/mol. The molecule has 1 atom stereocenters. The van der Waals surface area contributed by atoms with Crippen LogP contribution in [0.15, 0.2) is 17.1 Å². The topological polar surface area (TPSA) is 58.5 Å². The third-order valence-corrected chi connectivity index (χ3v) is 3.67. The molecule has 0 aliphatic carbocycles. The van der Waals surface area contributed by atoms with Crippen molar-refractivity contribution < 1.29 is 9.59 Å². The Morgan fingerprint density at radius 1 is 1.30 bits per heavy atom. The van der Waals surface area contributed by atoms with E-state index in [1.165, 1.54) is 5.56 Å². The van der Waals surface area contributed by atoms with Crippen LogP contribution >= 0.6 is 0 Å². The number of nitrogens with zero attached hydrogens (tertiary/aromatic N) is 1. The maximum absolute atomic E-state index is 12.0. The van der Waals surface area contributed by atoms with E-state index >= 15 is 0 Å². The van der Waals surface area contributed by atoms with E-state index in [1.54, 1.807) is 0 Å². The zero-order chi connectivity index (χ0) is 14.7. The van der Waals surface area contributed by atoms with Crippen LogP contribution in [-0.2, 0) is 9.59 Å². The van der Waals surface area contributed by atoms with Crippen molar-refractivity contribution in [3.8, 4) is 0 Å². The Labute approximate surface area is 118 Å². The van der Waals surface area contributed by atoms with E-state index < -0.39 is 0 Å². The minimum atomic E-state index is -0.234. The van der Waals surface area contributed by atoms with Crippen molar-refractivity contribution in [1.29, 1.82) is 0 Å². The smallest absolute Gasteiger partial charge is 0.253 e. The molecule has 1 unspecified atom stereocenters. The summed E-state index contributed by atoms with van der Waals surface area (Å²) in [6.45, 7) is 6.39. The van der Waals surface area contributed by atoms with E-state index in [1.807, 2.05) is 26.0 Å². The number of carbonyl (C=O) groups excluding carboxylic acids is 2. The highest BCUT2D eigenvalue weighted by Crippen LogP contribution is 2.09. The van der Waals surface area contributed by atoms with Gasteiger partial charge in [-0.25, -0.2) is 4.99 Å². The average molecular weight is 272 g/mol. The van der Waals surface area contributed by atoms with E-state index in [2.05, 4.69) is 23.3 Å². The second-order valence-electron chi connectivity index (χ2n) is 5.21. The van der Waals surface area contributed by atoms with Gasteiger partial charge in [-0.05, 0) is 48.7 Å². The largest absolute Gasteiger partial charge is 0.356 e. The highest BCUT2D eigenvalue weighted by molar-refractivity contribution is 5.86. The molecule has 0 fully saturated rings. The molecule has 1 aromatic rings. The molecule has 1 aliphatic heterocycles. The van der Waals surface area contributed by atoms with Gasteiger partial charge < -0.3 is 5.32 Å². The summed E-state index contributed by atoms with van der Waals surface area (Å²) >= 11 is 0. The fourth-order valence-corrected chi connectivity index (χ4v) is 2.24. The third-order valence-electron chi connectivity index (χ3n) is 3.67. The highest BCUT2D eigenvalue weighted by atomic mass is 16.2. The fraction of sp³-hybridized carbons (Fsp3) is 0.438. The Bertz CT molecular complexity index is 662. The summed E-state index contributed by atoms with van der Waals surface area (Å²) in [5, 5.41) is 4.56. The lowest BCUT2D eigenvalue weighted by Crippen LogP contribution is -2.35. The zero-order valence-electron chi connectivity index (χ0n) is 12.2. The lowest BCUT2D eigenvalue weighted by Gasteiger charge is -2.13. The molecule has 4 nitrogen and oxygen atoms in total. The van der Waals surface area contributed by atoms with Crippen molar-refractivity contribution in [2.45, 2.75) is 33.6 Å². The normalized spacial score (nSPS) is 16.9. The van der Waals surface area contributed by atoms with Gasteiger partial charge in [0.2, 0.25) is 5.91 Å². The van der Waals surface area contributed by atoms with Gasteiger partial charge >= 0.3 is 0 Å². The first-order chi connectivity index (χ1) is 9.51. The molecule has 1 heterocycles. The van der Waals surface area contributed by atoms with Crippen LogP contribution in [0.2, 0.25) is 0 Å². The molecule has 20 heavy (non-hydrogen) atoms. The highest BCUT2D eigenvalue weighted by Gasteiger charge is 2.18. The molecule has 0 aromatic heterocycles. The van der Waals surface area contributed by atoms with E-state index in [9.17, 15) is 9.59 Å². The number of aryl methyl sites for hydroxylation is 2. The summed E-state index contributed by atoms with van der Waals surface area (Å²) in [7, 11) is 0. The molecule has 2 amide bonds. The van der Waals surface area contributed by atoms with E-state index in [0.29, 0.717) is 19.4 Å². The van der Waals surface area contributed by atoms with Crippen LogP contribution in [0.25, 0.3) is 6.08 Å². The van der Waals surface area contributed by atoms with Crippen molar-refractivity contribution in [1.82, 2.24) is 5.32 Å². The molecule has 4 heteroatoms. The average Bonchev–Trinajstić information content (AvgIpc) is 2.41. The molecular formula is C16H20N2O2. The van der Waals surface area contributed by atoms with Gasteiger partial charge in [0.25, 0.3) is 5.91 Å². The van der Waals surface area contributed by atoms with E-state index in [4.69, 9.17) is 0 Å². The quantitative estimate of drug-likeness (QED) is 0.880. The molecular weight excluding hydrogens is 252 g/mol. The fourth-order valence-electron chi connectivity index (χ4n) is 2.24. The van der Waals surface area contributed by atoms with E-state index in [0.717, 1.165) is 16.1 Å². The first-order valence-corrected chi connectivity index (χ1v) is 6.99. The molecule has 0 bridgehead atoms. The Kier molecular flexibility index (Phi) is 4.32. The summed E-state index contributed by atoms with van der Waals surface area (Å²) in [5.74, 6) is -0.342. The maximum Gasteiger partial charge on any atom is 0.253 e. The summed E-state index contributed by atoms with van der Waals surface area (Å²) in [6.07, 6.45) is 3.03. The second-order valence-corrected chi connectivity index (χ2v) is 5.21. The van der Waals surface area contributed by atoms with Crippen LogP contribution in [0.4, 0.5) is 0 Å². The second kappa shape index (κ2) is 5.99. The van der Waals surface area contributed by atoms with E-state index in [-0.39, 0.29) is 17.7 Å². The summed E-state index contributed by atoms with van der Waals surface area (Å²) < 4.78 is 0. The summed E-state index contributed by atoms with van der Waals surface area (Å²) in [6, 6.07) is 4.02. The molecule has 1 aromatic carbocycles. The minimum absolute atomic E-state index is 0.0112. The van der Waals surface area contributed by atoms with Crippen molar-refractivity contribution >= 4 is 17.9 Å². The number of carbonyl (C=O) groups is 2. The first kappa shape index (κ1) is 14.4. The standard InChI is InChI=1S/C16H20N2O2/c1-4-15(19)17-6-5-12-9-13-7-10(2)11(3)8-14(13)18-16(12)20/h7-9,12H,4-6H2,1-3H3,(H,17,19). The molecule has 1 N–H and O–H groups in total. The van der Waals surface area contributed by atoms with Crippen molar-refractivity contribution in [2.24, 2.45) is 10.9 Å².